The summed E-state index contributed by atoms with van der Waals surface area (Å²) in [5.74, 6) is 0. The maximum absolute atomic E-state index is 5.53. The molecule has 0 amide bonds. The van der Waals surface area contributed by atoms with Gasteiger partial charge in [0.15, 0.2) is 0 Å². The monoisotopic (exact) mass is 184 g/mol. The number of nitrogens with two attached hydrogens (primary N) is 1. The van der Waals surface area contributed by atoms with Crippen LogP contribution in [0.5, 0.6) is 0 Å². The number of rotatable bonds is 3. The molecular formula is C10H20N2O. The van der Waals surface area contributed by atoms with Gasteiger partial charge in [0, 0.05) is 25.7 Å². The molecule has 1 rings (SSSR count). The van der Waals surface area contributed by atoms with Crippen molar-refractivity contribution in [2.75, 3.05) is 26.2 Å². The van der Waals surface area contributed by atoms with Crippen LogP contribution in [0.2, 0.25) is 0 Å². The quantitative estimate of drug-likeness (QED) is 0.653. The molecule has 0 aromatic carbocycles. The molecule has 13 heavy (non-hydrogen) atoms. The number of hydrogen-bond donors (Lipinski definition) is 1. The minimum Gasteiger partial charge on any atom is -0.376 e. The van der Waals surface area contributed by atoms with E-state index in [0.29, 0.717) is 18.7 Å². The van der Waals surface area contributed by atoms with Crippen LogP contribution >= 0.6 is 0 Å². The lowest BCUT2D eigenvalue weighted by Crippen LogP contribution is -2.49. The van der Waals surface area contributed by atoms with E-state index in [0.717, 1.165) is 25.3 Å². The van der Waals surface area contributed by atoms with Gasteiger partial charge in [0.05, 0.1) is 12.7 Å². The molecule has 0 aliphatic carbocycles. The fourth-order valence-electron chi connectivity index (χ4n) is 1.57. The van der Waals surface area contributed by atoms with Crippen molar-refractivity contribution in [3.63, 3.8) is 0 Å². The second-order valence-electron chi connectivity index (χ2n) is 3.74. The van der Waals surface area contributed by atoms with Gasteiger partial charge in [-0.3, -0.25) is 4.90 Å². The third-order valence-corrected chi connectivity index (χ3v) is 2.73. The molecule has 0 spiro atoms. The third-order valence-electron chi connectivity index (χ3n) is 2.73. The first-order chi connectivity index (χ1) is 6.15. The number of morpholine rings is 1. The zero-order valence-corrected chi connectivity index (χ0v) is 8.62. The van der Waals surface area contributed by atoms with Crippen molar-refractivity contribution >= 4 is 0 Å². The lowest BCUT2D eigenvalue weighted by molar-refractivity contribution is -0.0516. The average Bonchev–Trinajstić information content (AvgIpc) is 2.13. The Kier molecular flexibility index (Phi) is 3.90. The first kappa shape index (κ1) is 10.7. The molecule has 2 N–H and O–H groups in total. The molecule has 1 aliphatic heterocycles. The van der Waals surface area contributed by atoms with Crippen LogP contribution in [-0.2, 0) is 4.74 Å². The van der Waals surface area contributed by atoms with E-state index in [1.54, 1.807) is 0 Å². The summed E-state index contributed by atoms with van der Waals surface area (Å²) in [6, 6.07) is 0.469. The fourth-order valence-corrected chi connectivity index (χ4v) is 1.57. The number of hydrogen-bond acceptors (Lipinski definition) is 3. The summed E-state index contributed by atoms with van der Waals surface area (Å²) in [5, 5.41) is 0. The highest BCUT2D eigenvalue weighted by Gasteiger charge is 2.24. The van der Waals surface area contributed by atoms with Gasteiger partial charge in [-0.05, 0) is 19.4 Å². The Labute approximate surface area is 80.5 Å². The van der Waals surface area contributed by atoms with Gasteiger partial charge in [0.1, 0.15) is 0 Å². The lowest BCUT2D eigenvalue weighted by Gasteiger charge is -2.38. The van der Waals surface area contributed by atoms with Crippen molar-refractivity contribution < 1.29 is 4.74 Å². The summed E-state index contributed by atoms with van der Waals surface area (Å²) in [5.41, 5.74) is 6.61. The van der Waals surface area contributed by atoms with Crippen LogP contribution in [0.15, 0.2) is 12.2 Å². The second kappa shape index (κ2) is 4.74. The van der Waals surface area contributed by atoms with Crippen LogP contribution in [0.1, 0.15) is 13.8 Å². The van der Waals surface area contributed by atoms with Gasteiger partial charge in [0.25, 0.3) is 0 Å². The topological polar surface area (TPSA) is 38.5 Å². The highest BCUT2D eigenvalue weighted by atomic mass is 16.5. The summed E-state index contributed by atoms with van der Waals surface area (Å²) in [6.45, 7) is 11.5. The van der Waals surface area contributed by atoms with Gasteiger partial charge in [-0.1, -0.05) is 6.58 Å². The largest absolute Gasteiger partial charge is 0.376 e. The molecule has 0 radical (unpaired) electrons. The van der Waals surface area contributed by atoms with Crippen LogP contribution in [0, 0.1) is 0 Å². The zero-order valence-electron chi connectivity index (χ0n) is 8.62. The van der Waals surface area contributed by atoms with Crippen molar-refractivity contribution in [3.8, 4) is 0 Å². The molecular weight excluding hydrogens is 164 g/mol. The Morgan fingerprint density at radius 3 is 2.92 bits per heavy atom. The van der Waals surface area contributed by atoms with Gasteiger partial charge in [-0.2, -0.15) is 0 Å². The molecule has 3 heteroatoms. The summed E-state index contributed by atoms with van der Waals surface area (Å²) in [6.07, 6.45) is 0.319. The normalized spacial score (nSPS) is 30.4. The van der Waals surface area contributed by atoms with Crippen molar-refractivity contribution in [3.05, 3.63) is 12.2 Å². The van der Waals surface area contributed by atoms with Crippen LogP contribution in [-0.4, -0.2) is 43.3 Å². The molecule has 1 heterocycles. The highest BCUT2D eigenvalue weighted by molar-refractivity contribution is 5.00. The van der Waals surface area contributed by atoms with E-state index in [2.05, 4.69) is 25.3 Å². The van der Waals surface area contributed by atoms with Crippen LogP contribution in [0.25, 0.3) is 0 Å². The van der Waals surface area contributed by atoms with Crippen molar-refractivity contribution in [1.29, 1.82) is 0 Å². The van der Waals surface area contributed by atoms with Crippen LogP contribution < -0.4 is 5.73 Å². The van der Waals surface area contributed by atoms with E-state index in [-0.39, 0.29) is 0 Å². The van der Waals surface area contributed by atoms with Crippen molar-refractivity contribution in [1.82, 2.24) is 4.90 Å². The maximum atomic E-state index is 5.53. The Hall–Kier alpha value is -0.380. The molecule has 3 nitrogen and oxygen atoms in total. The first-order valence-electron chi connectivity index (χ1n) is 4.87. The van der Waals surface area contributed by atoms with E-state index in [9.17, 15) is 0 Å². The predicted octanol–water partition coefficient (Wildman–Crippen LogP) is 0.611. The zero-order chi connectivity index (χ0) is 9.84. The Balaban J connectivity index is 2.43. The SMILES string of the molecule is C=C(CN)CN1CCOC(C)C1C. The van der Waals surface area contributed by atoms with Gasteiger partial charge in [-0.25, -0.2) is 0 Å². The molecule has 0 aromatic rings. The summed E-state index contributed by atoms with van der Waals surface area (Å²) < 4.78 is 5.53. The Bertz CT molecular complexity index is 182. The molecule has 1 fully saturated rings. The standard InChI is InChI=1S/C10H20N2O/c1-8(6-11)7-12-4-5-13-10(3)9(12)2/h9-10H,1,4-7,11H2,2-3H3. The molecule has 0 aromatic heterocycles. The molecule has 1 aliphatic rings. The molecule has 76 valence electrons. The molecule has 2 atom stereocenters. The van der Waals surface area contributed by atoms with Crippen LogP contribution in [0.3, 0.4) is 0 Å². The van der Waals surface area contributed by atoms with Gasteiger partial charge in [0.2, 0.25) is 0 Å². The maximum Gasteiger partial charge on any atom is 0.0700 e. The molecule has 2 unspecified atom stereocenters. The molecule has 1 saturated heterocycles. The third kappa shape index (κ3) is 2.79. The average molecular weight is 184 g/mol. The minimum atomic E-state index is 0.319. The Morgan fingerprint density at radius 2 is 2.31 bits per heavy atom. The predicted molar refractivity (Wildman–Crippen MR) is 54.6 cm³/mol. The number of nitrogens with zero attached hydrogens (tertiary/aromatic N) is 1. The van der Waals surface area contributed by atoms with E-state index < -0.39 is 0 Å². The number of ether oxygens (including phenoxy) is 1. The Morgan fingerprint density at radius 1 is 1.62 bits per heavy atom. The van der Waals surface area contributed by atoms with E-state index in [4.69, 9.17) is 10.5 Å². The summed E-state index contributed by atoms with van der Waals surface area (Å²) in [7, 11) is 0. The van der Waals surface area contributed by atoms with Crippen molar-refractivity contribution in [2.24, 2.45) is 5.73 Å². The second-order valence-corrected chi connectivity index (χ2v) is 3.74. The fraction of sp³-hybridized carbons (Fsp3) is 0.800. The lowest BCUT2D eigenvalue weighted by atomic mass is 10.1. The van der Waals surface area contributed by atoms with Gasteiger partial charge < -0.3 is 10.5 Å². The molecule has 0 saturated carbocycles. The van der Waals surface area contributed by atoms with E-state index in [1.165, 1.54) is 0 Å². The van der Waals surface area contributed by atoms with Crippen molar-refractivity contribution in [2.45, 2.75) is 26.0 Å². The van der Waals surface area contributed by atoms with E-state index in [1.807, 2.05) is 0 Å². The first-order valence-corrected chi connectivity index (χ1v) is 4.87. The molecule has 0 bridgehead atoms. The minimum absolute atomic E-state index is 0.319. The van der Waals surface area contributed by atoms with Gasteiger partial charge in [-0.15, -0.1) is 0 Å². The summed E-state index contributed by atoms with van der Waals surface area (Å²) in [4.78, 5) is 2.38. The highest BCUT2D eigenvalue weighted by Crippen LogP contribution is 2.13. The van der Waals surface area contributed by atoms with E-state index >= 15 is 0 Å². The van der Waals surface area contributed by atoms with Gasteiger partial charge >= 0.3 is 0 Å². The summed E-state index contributed by atoms with van der Waals surface area (Å²) >= 11 is 0. The van der Waals surface area contributed by atoms with Crippen LogP contribution in [0.4, 0.5) is 0 Å². The smallest absolute Gasteiger partial charge is 0.0700 e.